The van der Waals surface area contributed by atoms with Crippen molar-refractivity contribution in [3.63, 3.8) is 0 Å². The van der Waals surface area contributed by atoms with Crippen molar-refractivity contribution in [3.05, 3.63) is 80.8 Å². The van der Waals surface area contributed by atoms with E-state index in [9.17, 15) is 19.5 Å². The molecule has 0 radical (unpaired) electrons. The minimum atomic E-state index is -0.974. The second-order valence-corrected chi connectivity index (χ2v) is 8.72. The highest BCUT2D eigenvalue weighted by molar-refractivity contribution is 7.17. The third kappa shape index (κ3) is 3.93. The lowest BCUT2D eigenvalue weighted by atomic mass is 9.95. The van der Waals surface area contributed by atoms with Crippen LogP contribution in [0.1, 0.15) is 32.5 Å². The summed E-state index contributed by atoms with van der Waals surface area (Å²) in [5.41, 5.74) is 1.07. The number of esters is 1. The van der Waals surface area contributed by atoms with Crippen LogP contribution in [0.5, 0.6) is 5.75 Å². The number of aromatic nitrogens is 1. The van der Waals surface area contributed by atoms with Crippen molar-refractivity contribution in [1.29, 1.82) is 0 Å². The maximum Gasteiger partial charge on any atom is 0.350 e. The number of carbonyl (C=O) groups excluding carboxylic acids is 3. The standard InChI is InChI=1S/C24H19ClN2O6S/c1-12-21(23(31)33-3)34-24(26-12)27-18(13-7-5-4-6-8-13)17(20(29)22(27)30)19(28)14-9-10-16(32-2)15(25)11-14/h4-11,18,28H,1-3H3. The first kappa shape index (κ1) is 23.5. The molecule has 1 amide bonds. The van der Waals surface area contributed by atoms with E-state index in [1.165, 1.54) is 25.2 Å². The molecule has 1 saturated heterocycles. The van der Waals surface area contributed by atoms with E-state index >= 15 is 0 Å². The molecule has 1 aromatic heterocycles. The zero-order chi connectivity index (χ0) is 24.6. The highest BCUT2D eigenvalue weighted by Crippen LogP contribution is 2.44. The van der Waals surface area contributed by atoms with Crippen LogP contribution in [0, 0.1) is 6.92 Å². The van der Waals surface area contributed by atoms with Crippen molar-refractivity contribution in [2.45, 2.75) is 13.0 Å². The molecule has 34 heavy (non-hydrogen) atoms. The molecule has 0 bridgehead atoms. The van der Waals surface area contributed by atoms with Crippen molar-refractivity contribution < 1.29 is 29.0 Å². The van der Waals surface area contributed by atoms with Crippen molar-refractivity contribution in [2.24, 2.45) is 0 Å². The van der Waals surface area contributed by atoms with Crippen LogP contribution in [-0.4, -0.2) is 42.0 Å². The van der Waals surface area contributed by atoms with Gasteiger partial charge in [-0.2, -0.15) is 0 Å². The van der Waals surface area contributed by atoms with Gasteiger partial charge >= 0.3 is 11.9 Å². The Labute approximate surface area is 204 Å². The van der Waals surface area contributed by atoms with Crippen LogP contribution < -0.4 is 9.64 Å². The van der Waals surface area contributed by atoms with Crippen molar-refractivity contribution in [1.82, 2.24) is 4.98 Å². The number of thiazole rings is 1. The second kappa shape index (κ2) is 9.28. The molecule has 174 valence electrons. The van der Waals surface area contributed by atoms with Gasteiger partial charge in [0, 0.05) is 5.56 Å². The summed E-state index contributed by atoms with van der Waals surface area (Å²) in [5, 5.41) is 11.5. The van der Waals surface area contributed by atoms with Crippen LogP contribution in [0.2, 0.25) is 5.02 Å². The van der Waals surface area contributed by atoms with E-state index in [0.29, 0.717) is 17.0 Å². The van der Waals surface area contributed by atoms with Crippen LogP contribution >= 0.6 is 22.9 Å². The summed E-state index contributed by atoms with van der Waals surface area (Å²) in [6, 6.07) is 12.3. The number of amides is 1. The Kier molecular flexibility index (Phi) is 6.41. The number of halogens is 1. The summed E-state index contributed by atoms with van der Waals surface area (Å²) in [7, 11) is 2.71. The summed E-state index contributed by atoms with van der Waals surface area (Å²) in [6.07, 6.45) is 0. The Morgan fingerprint density at radius 1 is 1.15 bits per heavy atom. The maximum atomic E-state index is 13.2. The molecular weight excluding hydrogens is 480 g/mol. The zero-order valence-corrected chi connectivity index (χ0v) is 19.9. The Morgan fingerprint density at radius 3 is 2.47 bits per heavy atom. The quantitative estimate of drug-likeness (QED) is 0.238. The average Bonchev–Trinajstić information content (AvgIpc) is 3.35. The number of rotatable bonds is 5. The lowest BCUT2D eigenvalue weighted by Crippen LogP contribution is -2.29. The SMILES string of the molecule is COC(=O)c1sc(N2C(=O)C(=O)C(=C(O)c3ccc(OC)c(Cl)c3)C2c2ccccc2)nc1C. The lowest BCUT2D eigenvalue weighted by molar-refractivity contribution is -0.132. The molecule has 2 heterocycles. The number of aliphatic hydroxyl groups is 1. The van der Waals surface area contributed by atoms with Gasteiger partial charge in [0.2, 0.25) is 0 Å². The van der Waals surface area contributed by atoms with E-state index in [0.717, 1.165) is 11.3 Å². The molecular formula is C24H19ClN2O6S. The van der Waals surface area contributed by atoms with Gasteiger partial charge in [0.25, 0.3) is 5.78 Å². The zero-order valence-electron chi connectivity index (χ0n) is 18.4. The van der Waals surface area contributed by atoms with Gasteiger partial charge in [-0.3, -0.25) is 14.5 Å². The lowest BCUT2D eigenvalue weighted by Gasteiger charge is -2.23. The fraction of sp³-hybridized carbons (Fsp3) is 0.167. The molecule has 10 heteroatoms. The number of benzene rings is 2. The second-order valence-electron chi connectivity index (χ2n) is 7.33. The number of hydrogen-bond acceptors (Lipinski definition) is 8. The predicted octanol–water partition coefficient (Wildman–Crippen LogP) is 4.53. The topological polar surface area (TPSA) is 106 Å². The Bertz CT molecular complexity index is 1330. The maximum absolute atomic E-state index is 13.2. The summed E-state index contributed by atoms with van der Waals surface area (Å²) >= 11 is 7.15. The van der Waals surface area contributed by atoms with Crippen LogP contribution in [0.25, 0.3) is 5.76 Å². The molecule has 1 fully saturated rings. The smallest absolute Gasteiger partial charge is 0.350 e. The number of carbonyl (C=O) groups is 3. The van der Waals surface area contributed by atoms with E-state index in [4.69, 9.17) is 21.1 Å². The van der Waals surface area contributed by atoms with Gasteiger partial charge in [0.05, 0.1) is 36.6 Å². The highest BCUT2D eigenvalue weighted by atomic mass is 35.5. The fourth-order valence-corrected chi connectivity index (χ4v) is 4.99. The first-order valence-corrected chi connectivity index (χ1v) is 11.2. The van der Waals surface area contributed by atoms with E-state index < -0.39 is 23.7 Å². The van der Waals surface area contributed by atoms with Gasteiger partial charge in [-0.25, -0.2) is 9.78 Å². The van der Waals surface area contributed by atoms with Crippen LogP contribution in [0.15, 0.2) is 54.1 Å². The summed E-state index contributed by atoms with van der Waals surface area (Å²) in [4.78, 5) is 44.3. The number of methoxy groups -OCH3 is 2. The van der Waals surface area contributed by atoms with Crippen LogP contribution in [-0.2, 0) is 14.3 Å². The number of ether oxygens (including phenoxy) is 2. The third-order valence-corrected chi connectivity index (χ3v) is 6.78. The number of ketones is 1. The van der Waals surface area contributed by atoms with E-state index in [2.05, 4.69) is 4.98 Å². The highest BCUT2D eigenvalue weighted by Gasteiger charge is 2.48. The van der Waals surface area contributed by atoms with Gasteiger partial charge in [-0.15, -0.1) is 0 Å². The van der Waals surface area contributed by atoms with Gasteiger partial charge in [0.15, 0.2) is 5.13 Å². The average molecular weight is 499 g/mol. The summed E-state index contributed by atoms with van der Waals surface area (Å²) in [5.74, 6) is -2.35. The molecule has 1 aliphatic rings. The molecule has 1 N–H and O–H groups in total. The number of hydrogen-bond donors (Lipinski definition) is 1. The van der Waals surface area contributed by atoms with E-state index in [1.54, 1.807) is 49.4 Å². The van der Waals surface area contributed by atoms with Crippen LogP contribution in [0.4, 0.5) is 5.13 Å². The number of aliphatic hydroxyl groups excluding tert-OH is 1. The minimum Gasteiger partial charge on any atom is -0.507 e. The van der Waals surface area contributed by atoms with Gasteiger partial charge < -0.3 is 14.6 Å². The first-order valence-electron chi connectivity index (χ1n) is 10.0. The van der Waals surface area contributed by atoms with Crippen molar-refractivity contribution >= 4 is 51.5 Å². The fourth-order valence-electron chi connectivity index (χ4n) is 3.72. The van der Waals surface area contributed by atoms with Gasteiger partial charge in [-0.05, 0) is 30.7 Å². The molecule has 0 saturated carbocycles. The van der Waals surface area contributed by atoms with Gasteiger partial charge in [-0.1, -0.05) is 53.3 Å². The third-order valence-electron chi connectivity index (χ3n) is 5.35. The number of nitrogens with zero attached hydrogens (tertiary/aromatic N) is 2. The molecule has 1 aliphatic heterocycles. The molecule has 1 atom stereocenters. The largest absolute Gasteiger partial charge is 0.507 e. The minimum absolute atomic E-state index is 0.120. The molecule has 8 nitrogen and oxygen atoms in total. The molecule has 4 rings (SSSR count). The number of aryl methyl sites for hydroxylation is 1. The Morgan fingerprint density at radius 2 is 1.85 bits per heavy atom. The van der Waals surface area contributed by atoms with Crippen molar-refractivity contribution in [3.8, 4) is 5.75 Å². The monoisotopic (exact) mass is 498 g/mol. The molecule has 0 spiro atoms. The normalized spacial score (nSPS) is 17.2. The molecule has 0 aliphatic carbocycles. The van der Waals surface area contributed by atoms with Gasteiger partial charge in [0.1, 0.15) is 16.4 Å². The van der Waals surface area contributed by atoms with E-state index in [1.807, 2.05) is 0 Å². The predicted molar refractivity (Wildman–Crippen MR) is 127 cm³/mol. The van der Waals surface area contributed by atoms with E-state index in [-0.39, 0.29) is 31.9 Å². The van der Waals surface area contributed by atoms with Crippen molar-refractivity contribution in [2.75, 3.05) is 19.1 Å². The van der Waals surface area contributed by atoms with Crippen LogP contribution in [0.3, 0.4) is 0 Å². The first-order chi connectivity index (χ1) is 16.3. The summed E-state index contributed by atoms with van der Waals surface area (Å²) < 4.78 is 9.94. The molecule has 3 aromatic rings. The Hall–Kier alpha value is -3.69. The number of Topliss-reactive ketones (excluding diaryl/α,β-unsaturated/α-hetero) is 1. The molecule has 2 aromatic carbocycles. The number of anilines is 1. The summed E-state index contributed by atoms with van der Waals surface area (Å²) in [6.45, 7) is 1.61. The molecule has 1 unspecified atom stereocenters. The Balaban J connectivity index is 1.92.